The standard InChI is InChI=1S/C20H17NO6S2/c1-3-27-15-7-4-11(8-16(15)26-2)9-17-18(23)21(20(28)29-17)12-5-6-13(19(24)25)14(22)10-12/h4-10,22H,3H2,1-2H3,(H,24,25)/b17-9-. The third kappa shape index (κ3) is 4.20. The van der Waals surface area contributed by atoms with Gasteiger partial charge >= 0.3 is 5.97 Å². The molecule has 1 aliphatic heterocycles. The van der Waals surface area contributed by atoms with Gasteiger partial charge in [-0.2, -0.15) is 0 Å². The van der Waals surface area contributed by atoms with E-state index < -0.39 is 11.7 Å². The zero-order chi connectivity index (χ0) is 21.1. The number of carbonyl (C=O) groups is 2. The largest absolute Gasteiger partial charge is 0.507 e. The summed E-state index contributed by atoms with van der Waals surface area (Å²) in [6.07, 6.45) is 1.68. The average molecular weight is 431 g/mol. The Morgan fingerprint density at radius 1 is 1.24 bits per heavy atom. The SMILES string of the molecule is CCOc1ccc(/C=C2\SC(=S)N(c3ccc(C(=O)O)c(O)c3)C2=O)cc1OC. The van der Waals surface area contributed by atoms with Crippen LogP contribution in [0.4, 0.5) is 5.69 Å². The summed E-state index contributed by atoms with van der Waals surface area (Å²) in [5.74, 6) is -0.914. The van der Waals surface area contributed by atoms with E-state index in [1.54, 1.807) is 24.3 Å². The second kappa shape index (κ2) is 8.54. The van der Waals surface area contributed by atoms with Gasteiger partial charge in [0.2, 0.25) is 0 Å². The van der Waals surface area contributed by atoms with Crippen molar-refractivity contribution >= 4 is 51.9 Å². The van der Waals surface area contributed by atoms with E-state index >= 15 is 0 Å². The molecule has 7 nitrogen and oxygen atoms in total. The van der Waals surface area contributed by atoms with Crippen molar-refractivity contribution in [3.05, 3.63) is 52.4 Å². The summed E-state index contributed by atoms with van der Waals surface area (Å²) in [5, 5.41) is 18.9. The summed E-state index contributed by atoms with van der Waals surface area (Å²) in [5.41, 5.74) is 0.772. The summed E-state index contributed by atoms with van der Waals surface area (Å²) in [7, 11) is 1.54. The minimum absolute atomic E-state index is 0.254. The Balaban J connectivity index is 1.91. The van der Waals surface area contributed by atoms with Gasteiger partial charge in [0.05, 0.1) is 24.3 Å². The molecule has 1 fully saturated rings. The van der Waals surface area contributed by atoms with Gasteiger partial charge < -0.3 is 19.7 Å². The fraction of sp³-hybridized carbons (Fsp3) is 0.150. The number of benzene rings is 2. The van der Waals surface area contributed by atoms with Crippen molar-refractivity contribution in [2.45, 2.75) is 6.92 Å². The van der Waals surface area contributed by atoms with Crippen molar-refractivity contribution in [1.82, 2.24) is 0 Å². The highest BCUT2D eigenvalue weighted by molar-refractivity contribution is 8.27. The number of aromatic carboxylic acids is 1. The normalized spacial score (nSPS) is 15.1. The Bertz CT molecular complexity index is 1030. The van der Waals surface area contributed by atoms with Crippen LogP contribution in [0.2, 0.25) is 0 Å². The molecule has 0 spiro atoms. The molecule has 1 saturated heterocycles. The Hall–Kier alpha value is -3.04. The zero-order valence-electron chi connectivity index (χ0n) is 15.5. The number of anilines is 1. The van der Waals surface area contributed by atoms with E-state index in [1.807, 2.05) is 6.92 Å². The second-order valence-electron chi connectivity index (χ2n) is 5.87. The molecule has 0 radical (unpaired) electrons. The molecule has 1 amide bonds. The minimum Gasteiger partial charge on any atom is -0.507 e. The maximum Gasteiger partial charge on any atom is 0.339 e. The molecule has 0 atom stereocenters. The summed E-state index contributed by atoms with van der Waals surface area (Å²) in [4.78, 5) is 25.6. The lowest BCUT2D eigenvalue weighted by Crippen LogP contribution is -2.27. The highest BCUT2D eigenvalue weighted by atomic mass is 32.2. The lowest BCUT2D eigenvalue weighted by atomic mass is 10.1. The van der Waals surface area contributed by atoms with Crippen LogP contribution in [0.1, 0.15) is 22.8 Å². The molecule has 0 unspecified atom stereocenters. The molecule has 2 aromatic rings. The van der Waals surface area contributed by atoms with Crippen LogP contribution in [0.5, 0.6) is 17.2 Å². The van der Waals surface area contributed by atoms with Crippen molar-refractivity contribution in [1.29, 1.82) is 0 Å². The van der Waals surface area contributed by atoms with Gasteiger partial charge in [-0.1, -0.05) is 30.0 Å². The zero-order valence-corrected chi connectivity index (χ0v) is 17.2. The number of aromatic hydroxyl groups is 1. The molecule has 0 bridgehead atoms. The number of rotatable bonds is 6. The maximum absolute atomic E-state index is 12.9. The van der Waals surface area contributed by atoms with Crippen LogP contribution < -0.4 is 14.4 Å². The van der Waals surface area contributed by atoms with Gasteiger partial charge in [0.1, 0.15) is 11.3 Å². The number of hydrogen-bond acceptors (Lipinski definition) is 7. The smallest absolute Gasteiger partial charge is 0.339 e. The molecule has 0 aromatic heterocycles. The quantitative estimate of drug-likeness (QED) is 0.525. The Morgan fingerprint density at radius 2 is 2.00 bits per heavy atom. The van der Waals surface area contributed by atoms with Crippen LogP contribution in [-0.2, 0) is 4.79 Å². The Labute approximate surface area is 176 Å². The molecule has 2 N–H and O–H groups in total. The van der Waals surface area contributed by atoms with Crippen molar-refractivity contribution in [3.63, 3.8) is 0 Å². The average Bonchev–Trinajstić information content (AvgIpc) is 2.95. The monoisotopic (exact) mass is 431 g/mol. The van der Waals surface area contributed by atoms with E-state index in [-0.39, 0.29) is 15.8 Å². The molecule has 0 aliphatic carbocycles. The number of carboxylic acid groups (broad SMARTS) is 1. The predicted molar refractivity (Wildman–Crippen MR) is 115 cm³/mol. The van der Waals surface area contributed by atoms with E-state index in [0.717, 1.165) is 17.3 Å². The molecule has 3 rings (SSSR count). The number of amides is 1. The first-order valence-corrected chi connectivity index (χ1v) is 9.73. The highest BCUT2D eigenvalue weighted by Crippen LogP contribution is 2.38. The number of thiocarbonyl (C=S) groups is 1. The first-order valence-electron chi connectivity index (χ1n) is 8.50. The fourth-order valence-electron chi connectivity index (χ4n) is 2.73. The van der Waals surface area contributed by atoms with Gasteiger partial charge in [-0.15, -0.1) is 0 Å². The molecule has 1 heterocycles. The number of nitrogens with zero attached hydrogens (tertiary/aromatic N) is 1. The first kappa shape index (κ1) is 20.7. The third-order valence-corrected chi connectivity index (χ3v) is 5.35. The summed E-state index contributed by atoms with van der Waals surface area (Å²) < 4.78 is 11.1. The molecular formula is C20H17NO6S2. The number of phenols is 1. The first-order chi connectivity index (χ1) is 13.8. The third-order valence-electron chi connectivity index (χ3n) is 4.05. The molecule has 9 heteroatoms. The number of carboxylic acids is 1. The van der Waals surface area contributed by atoms with Crippen LogP contribution in [0.3, 0.4) is 0 Å². The molecule has 29 heavy (non-hydrogen) atoms. The number of carbonyl (C=O) groups excluding carboxylic acids is 1. The molecule has 0 saturated carbocycles. The van der Waals surface area contributed by atoms with Crippen molar-refractivity contribution < 1.29 is 29.3 Å². The Morgan fingerprint density at radius 3 is 2.62 bits per heavy atom. The fourth-order valence-corrected chi connectivity index (χ4v) is 4.03. The molecule has 1 aliphatic rings. The van der Waals surface area contributed by atoms with Crippen LogP contribution in [0, 0.1) is 0 Å². The van der Waals surface area contributed by atoms with Crippen LogP contribution in [0.15, 0.2) is 41.3 Å². The van der Waals surface area contributed by atoms with Crippen molar-refractivity contribution in [2.75, 3.05) is 18.6 Å². The van der Waals surface area contributed by atoms with E-state index in [1.165, 1.54) is 30.2 Å². The number of methoxy groups -OCH3 is 1. The number of thioether (sulfide) groups is 1. The van der Waals surface area contributed by atoms with Crippen LogP contribution >= 0.6 is 24.0 Å². The van der Waals surface area contributed by atoms with Crippen LogP contribution in [0.25, 0.3) is 6.08 Å². The van der Waals surface area contributed by atoms with E-state index in [9.17, 15) is 14.7 Å². The van der Waals surface area contributed by atoms with Gasteiger partial charge in [-0.25, -0.2) is 4.79 Å². The van der Waals surface area contributed by atoms with Crippen molar-refractivity contribution in [3.8, 4) is 17.2 Å². The van der Waals surface area contributed by atoms with Gasteiger partial charge in [0.25, 0.3) is 5.91 Å². The van der Waals surface area contributed by atoms with Gasteiger partial charge in [0.15, 0.2) is 15.8 Å². The number of hydrogen-bond donors (Lipinski definition) is 2. The summed E-state index contributed by atoms with van der Waals surface area (Å²) >= 11 is 6.42. The Kier molecular flexibility index (Phi) is 6.09. The predicted octanol–water partition coefficient (Wildman–Crippen LogP) is 3.90. The highest BCUT2D eigenvalue weighted by Gasteiger charge is 2.34. The molecule has 2 aromatic carbocycles. The number of ether oxygens (including phenoxy) is 2. The second-order valence-corrected chi connectivity index (χ2v) is 7.54. The van der Waals surface area contributed by atoms with Gasteiger partial charge in [-0.3, -0.25) is 9.69 Å². The summed E-state index contributed by atoms with van der Waals surface area (Å²) in [6, 6.07) is 9.18. The maximum atomic E-state index is 12.9. The molecule has 150 valence electrons. The van der Waals surface area contributed by atoms with Crippen LogP contribution in [-0.4, -0.2) is 40.1 Å². The van der Waals surface area contributed by atoms with E-state index in [4.69, 9.17) is 26.8 Å². The van der Waals surface area contributed by atoms with Crippen molar-refractivity contribution in [2.24, 2.45) is 0 Å². The van der Waals surface area contributed by atoms with E-state index in [0.29, 0.717) is 28.7 Å². The van der Waals surface area contributed by atoms with Gasteiger partial charge in [0, 0.05) is 6.07 Å². The van der Waals surface area contributed by atoms with Gasteiger partial charge in [-0.05, 0) is 42.8 Å². The lowest BCUT2D eigenvalue weighted by Gasteiger charge is -2.15. The van der Waals surface area contributed by atoms with E-state index in [2.05, 4.69) is 0 Å². The molecular weight excluding hydrogens is 414 g/mol. The topological polar surface area (TPSA) is 96.3 Å². The lowest BCUT2D eigenvalue weighted by molar-refractivity contribution is -0.113. The summed E-state index contributed by atoms with van der Waals surface area (Å²) in [6.45, 7) is 2.38. The minimum atomic E-state index is -1.26.